The Labute approximate surface area is 112 Å². The highest BCUT2D eigenvalue weighted by molar-refractivity contribution is 6.31. The lowest BCUT2D eigenvalue weighted by atomic mass is 10.2. The Bertz CT molecular complexity index is 699. The van der Waals surface area contributed by atoms with Gasteiger partial charge in [-0.2, -0.15) is 0 Å². The summed E-state index contributed by atoms with van der Waals surface area (Å²) in [4.78, 5) is 27.6. The van der Waals surface area contributed by atoms with Gasteiger partial charge in [0, 0.05) is 6.07 Å². The Morgan fingerprint density at radius 1 is 1.47 bits per heavy atom. The van der Waals surface area contributed by atoms with E-state index in [4.69, 9.17) is 16.3 Å². The second-order valence-electron chi connectivity index (χ2n) is 3.61. The van der Waals surface area contributed by atoms with Crippen LogP contribution in [0, 0.1) is 17.0 Å². The number of nitro benzene ring substituents is 1. The first-order valence-electron chi connectivity index (χ1n) is 5.15. The molecule has 1 heterocycles. The number of H-pyrrole nitrogens is 1. The average molecular weight is 282 g/mol. The Hall–Kier alpha value is -2.41. The number of aromatic nitrogens is 2. The number of aromatic amines is 1. The lowest BCUT2D eigenvalue weighted by molar-refractivity contribution is -0.385. The molecule has 7 nitrogen and oxygen atoms in total. The van der Waals surface area contributed by atoms with Gasteiger partial charge >= 0.3 is 0 Å². The van der Waals surface area contributed by atoms with Crippen LogP contribution < -0.4 is 10.3 Å². The lowest BCUT2D eigenvalue weighted by Crippen LogP contribution is -2.08. The van der Waals surface area contributed by atoms with Gasteiger partial charge < -0.3 is 9.72 Å². The summed E-state index contributed by atoms with van der Waals surface area (Å²) in [5.41, 5.74) is -0.307. The fraction of sp³-hybridized carbons (Fsp3) is 0.0909. The zero-order valence-electron chi connectivity index (χ0n) is 9.71. The SMILES string of the molecule is Cc1c(Oc2nc[nH]c(=O)c2Cl)cccc1[N+](=O)[O-]. The zero-order chi connectivity index (χ0) is 14.0. The standard InChI is InChI=1S/C11H8ClN3O4/c1-6-7(15(17)18)3-2-4-8(6)19-11-9(12)10(16)13-5-14-11/h2-5H,1H3,(H,13,14,16). The van der Waals surface area contributed by atoms with Gasteiger partial charge in [0.1, 0.15) is 5.75 Å². The van der Waals surface area contributed by atoms with E-state index in [0.717, 1.165) is 6.33 Å². The van der Waals surface area contributed by atoms with Gasteiger partial charge in [-0.15, -0.1) is 0 Å². The van der Waals surface area contributed by atoms with Crippen LogP contribution in [0.2, 0.25) is 5.02 Å². The molecule has 0 spiro atoms. The van der Waals surface area contributed by atoms with E-state index in [1.165, 1.54) is 25.1 Å². The van der Waals surface area contributed by atoms with Gasteiger partial charge in [0.05, 0.1) is 16.8 Å². The van der Waals surface area contributed by atoms with E-state index in [2.05, 4.69) is 9.97 Å². The highest BCUT2D eigenvalue weighted by atomic mass is 35.5. The Morgan fingerprint density at radius 3 is 2.89 bits per heavy atom. The number of nitrogens with zero attached hydrogens (tertiary/aromatic N) is 2. The minimum Gasteiger partial charge on any atom is -0.437 e. The molecule has 0 amide bonds. The van der Waals surface area contributed by atoms with Crippen LogP contribution >= 0.6 is 11.6 Å². The van der Waals surface area contributed by atoms with Crippen LogP contribution in [-0.4, -0.2) is 14.9 Å². The third-order valence-electron chi connectivity index (χ3n) is 2.42. The van der Waals surface area contributed by atoms with E-state index in [1.807, 2.05) is 0 Å². The van der Waals surface area contributed by atoms with Gasteiger partial charge in [-0.3, -0.25) is 14.9 Å². The molecule has 0 aliphatic heterocycles. The summed E-state index contributed by atoms with van der Waals surface area (Å²) >= 11 is 5.73. The average Bonchev–Trinajstić information content (AvgIpc) is 2.37. The van der Waals surface area contributed by atoms with Crippen molar-refractivity contribution in [3.63, 3.8) is 0 Å². The maximum Gasteiger partial charge on any atom is 0.276 e. The summed E-state index contributed by atoms with van der Waals surface area (Å²) in [5.74, 6) is 0.114. The van der Waals surface area contributed by atoms with Crippen molar-refractivity contribution in [2.24, 2.45) is 0 Å². The number of hydrogen-bond donors (Lipinski definition) is 1. The molecule has 0 saturated carbocycles. The van der Waals surface area contributed by atoms with Gasteiger partial charge in [0.25, 0.3) is 11.2 Å². The molecule has 8 heteroatoms. The van der Waals surface area contributed by atoms with E-state index < -0.39 is 10.5 Å². The van der Waals surface area contributed by atoms with Gasteiger partial charge in [0.15, 0.2) is 5.02 Å². The molecule has 0 saturated heterocycles. The third-order valence-corrected chi connectivity index (χ3v) is 2.76. The first kappa shape index (κ1) is 13.0. The highest BCUT2D eigenvalue weighted by Gasteiger charge is 2.16. The van der Waals surface area contributed by atoms with Crippen molar-refractivity contribution in [1.29, 1.82) is 0 Å². The van der Waals surface area contributed by atoms with Gasteiger partial charge in [-0.1, -0.05) is 17.7 Å². The number of rotatable bonds is 3. The number of halogens is 1. The molecule has 2 aromatic rings. The number of nitrogens with one attached hydrogen (secondary N) is 1. The zero-order valence-corrected chi connectivity index (χ0v) is 10.5. The molecule has 1 N–H and O–H groups in total. The van der Waals surface area contributed by atoms with Crippen molar-refractivity contribution >= 4 is 17.3 Å². The molecule has 1 aromatic heterocycles. The second-order valence-corrected chi connectivity index (χ2v) is 3.99. The number of ether oxygens (including phenoxy) is 1. The molecule has 98 valence electrons. The molecule has 0 aliphatic rings. The van der Waals surface area contributed by atoms with Crippen molar-refractivity contribution < 1.29 is 9.66 Å². The van der Waals surface area contributed by atoms with Crippen molar-refractivity contribution in [2.45, 2.75) is 6.92 Å². The summed E-state index contributed by atoms with van der Waals surface area (Å²) in [6, 6.07) is 4.36. The predicted octanol–water partition coefficient (Wildman–Crippen LogP) is 2.43. The summed E-state index contributed by atoms with van der Waals surface area (Å²) in [7, 11) is 0. The molecular weight excluding hydrogens is 274 g/mol. The molecule has 0 atom stereocenters. The van der Waals surface area contributed by atoms with Crippen molar-refractivity contribution in [1.82, 2.24) is 9.97 Å². The number of hydrogen-bond acceptors (Lipinski definition) is 5. The molecule has 0 fully saturated rings. The van der Waals surface area contributed by atoms with Crippen LogP contribution in [0.4, 0.5) is 5.69 Å². The molecule has 0 radical (unpaired) electrons. The number of benzene rings is 1. The minimum atomic E-state index is -0.547. The van der Waals surface area contributed by atoms with Gasteiger partial charge in [-0.05, 0) is 13.0 Å². The van der Waals surface area contributed by atoms with E-state index >= 15 is 0 Å². The molecule has 1 aromatic carbocycles. The van der Waals surface area contributed by atoms with Crippen LogP contribution in [0.25, 0.3) is 0 Å². The predicted molar refractivity (Wildman–Crippen MR) is 67.8 cm³/mol. The summed E-state index contributed by atoms with van der Waals surface area (Å²) in [6.07, 6.45) is 1.14. The topological polar surface area (TPSA) is 98.1 Å². The van der Waals surface area contributed by atoms with Crippen molar-refractivity contribution in [3.05, 3.63) is 55.6 Å². The van der Waals surface area contributed by atoms with Crippen LogP contribution in [0.15, 0.2) is 29.3 Å². The second kappa shape index (κ2) is 5.07. The summed E-state index contributed by atoms with van der Waals surface area (Å²) in [5, 5.41) is 10.6. The van der Waals surface area contributed by atoms with Crippen LogP contribution in [0.5, 0.6) is 11.6 Å². The maximum absolute atomic E-state index is 11.3. The van der Waals surface area contributed by atoms with Crippen LogP contribution in [-0.2, 0) is 0 Å². The lowest BCUT2D eigenvalue weighted by Gasteiger charge is -2.08. The van der Waals surface area contributed by atoms with E-state index in [1.54, 1.807) is 0 Å². The van der Waals surface area contributed by atoms with Crippen molar-refractivity contribution in [2.75, 3.05) is 0 Å². The fourth-order valence-corrected chi connectivity index (χ4v) is 1.60. The van der Waals surface area contributed by atoms with E-state index in [0.29, 0.717) is 5.56 Å². The normalized spacial score (nSPS) is 10.2. The third kappa shape index (κ3) is 2.55. The maximum atomic E-state index is 11.3. The minimum absolute atomic E-state index is 0.0848. The highest BCUT2D eigenvalue weighted by Crippen LogP contribution is 2.31. The van der Waals surface area contributed by atoms with Gasteiger partial charge in [0.2, 0.25) is 5.88 Å². The Balaban J connectivity index is 2.44. The Morgan fingerprint density at radius 2 is 2.21 bits per heavy atom. The largest absolute Gasteiger partial charge is 0.437 e. The molecule has 0 bridgehead atoms. The number of nitro groups is 1. The quantitative estimate of drug-likeness (QED) is 0.688. The molecule has 19 heavy (non-hydrogen) atoms. The smallest absolute Gasteiger partial charge is 0.276 e. The first-order chi connectivity index (χ1) is 9.00. The van der Waals surface area contributed by atoms with Gasteiger partial charge in [-0.25, -0.2) is 4.98 Å². The molecule has 0 aliphatic carbocycles. The fourth-order valence-electron chi connectivity index (χ4n) is 1.45. The summed E-state index contributed by atoms with van der Waals surface area (Å²) in [6.45, 7) is 1.54. The van der Waals surface area contributed by atoms with Crippen LogP contribution in [0.3, 0.4) is 0 Å². The van der Waals surface area contributed by atoms with E-state index in [9.17, 15) is 14.9 Å². The Kier molecular flexibility index (Phi) is 3.48. The monoisotopic (exact) mass is 281 g/mol. The molecular formula is C11H8ClN3O4. The first-order valence-corrected chi connectivity index (χ1v) is 5.53. The van der Waals surface area contributed by atoms with Crippen LogP contribution in [0.1, 0.15) is 5.56 Å². The van der Waals surface area contributed by atoms with E-state index in [-0.39, 0.29) is 22.3 Å². The molecule has 2 rings (SSSR count). The summed E-state index contributed by atoms with van der Waals surface area (Å²) < 4.78 is 5.34. The van der Waals surface area contributed by atoms with Crippen molar-refractivity contribution in [3.8, 4) is 11.6 Å². The molecule has 0 unspecified atom stereocenters.